The molecule has 3 aromatic carbocycles. The summed E-state index contributed by atoms with van der Waals surface area (Å²) >= 11 is 0. The van der Waals surface area contributed by atoms with Gasteiger partial charge in [0.2, 0.25) is 0 Å². The van der Waals surface area contributed by atoms with Crippen molar-refractivity contribution in [3.8, 4) is 5.75 Å². The fourth-order valence-electron chi connectivity index (χ4n) is 7.71. The predicted molar refractivity (Wildman–Crippen MR) is 196 cm³/mol. The highest BCUT2D eigenvalue weighted by molar-refractivity contribution is 7.91. The van der Waals surface area contributed by atoms with E-state index in [2.05, 4.69) is 10.6 Å². The zero-order valence-electron chi connectivity index (χ0n) is 30.7. The second-order valence-electron chi connectivity index (χ2n) is 15.2. The molecule has 3 saturated carbocycles. The Hall–Kier alpha value is -5.02. The minimum Gasteiger partial charge on any atom is -0.491 e. The normalized spacial score (nSPS) is 24.3. The van der Waals surface area contributed by atoms with Gasteiger partial charge in [0.25, 0.3) is 11.8 Å². The molecule has 2 bridgehead atoms. The maximum Gasteiger partial charge on any atom is 0.408 e. The number of hydrogen-bond donors (Lipinski definition) is 2. The average Bonchev–Trinajstić information content (AvgIpc) is 3.21. The van der Waals surface area contributed by atoms with E-state index >= 15 is 4.39 Å². The van der Waals surface area contributed by atoms with Crippen LogP contribution < -0.4 is 20.3 Å². The summed E-state index contributed by atoms with van der Waals surface area (Å²) in [6.45, 7) is 4.23. The van der Waals surface area contributed by atoms with Crippen LogP contribution in [0.25, 0.3) is 0 Å². The van der Waals surface area contributed by atoms with Gasteiger partial charge in [-0.1, -0.05) is 42.5 Å². The van der Waals surface area contributed by atoms with Crippen molar-refractivity contribution in [1.82, 2.24) is 10.6 Å². The number of carbonyl (C=O) groups excluding carboxylic acids is 4. The Morgan fingerprint density at radius 3 is 2.24 bits per heavy atom. The van der Waals surface area contributed by atoms with Gasteiger partial charge in [-0.3, -0.25) is 14.4 Å². The quantitative estimate of drug-likeness (QED) is 0.253. The molecule has 5 aliphatic rings. The first kappa shape index (κ1) is 38.3. The van der Waals surface area contributed by atoms with Crippen LogP contribution in [0.4, 0.5) is 14.9 Å². The minimum absolute atomic E-state index is 0.0867. The number of nitrogens with zero attached hydrogens (tertiary/aromatic N) is 1. The summed E-state index contributed by atoms with van der Waals surface area (Å²) < 4.78 is 65.6. The van der Waals surface area contributed by atoms with E-state index in [0.717, 1.165) is 17.0 Å². The Balaban J connectivity index is 1.15. The van der Waals surface area contributed by atoms with Gasteiger partial charge in [-0.25, -0.2) is 17.6 Å². The number of rotatable bonds is 11. The van der Waals surface area contributed by atoms with Crippen LogP contribution in [0, 0.1) is 11.2 Å². The summed E-state index contributed by atoms with van der Waals surface area (Å²) in [5, 5.41) is 5.41. The Morgan fingerprint density at radius 1 is 0.945 bits per heavy atom. The lowest BCUT2D eigenvalue weighted by molar-refractivity contribution is -0.189. The third-order valence-corrected chi connectivity index (χ3v) is 12.7. The molecule has 292 valence electrons. The first-order chi connectivity index (χ1) is 26.2. The number of nitrogens with one attached hydrogen (secondary N) is 2. The molecule has 55 heavy (non-hydrogen) atoms. The number of sulfone groups is 1. The summed E-state index contributed by atoms with van der Waals surface area (Å²) in [6.07, 6.45) is 1.58. The standard InChI is InChI=1S/C40H44FN3O10S/c1-25(2)53-28-10-8-26(9-11-28)20-44-33-18-30(35(45)43-40-15-12-39(13-16-40,14-17-40)37(47)54-29-22-51-23-29)31(41)19-34(33)55(49,50)24-32(36(44)46)42-38(48)52-21-27-6-4-3-5-7-27/h3-11,18-19,25,29,32H,12-17,20-24H2,1-2H3,(H,42,48)(H,43,45)/t32-,39?,40?/m0/s1. The lowest BCUT2D eigenvalue weighted by atomic mass is 9.57. The molecule has 0 spiro atoms. The van der Waals surface area contributed by atoms with Crippen LogP contribution in [-0.2, 0) is 46.8 Å². The lowest BCUT2D eigenvalue weighted by Crippen LogP contribution is -2.59. The van der Waals surface area contributed by atoms with Crippen LogP contribution in [0.3, 0.4) is 0 Å². The van der Waals surface area contributed by atoms with Gasteiger partial charge in [-0.15, -0.1) is 0 Å². The first-order valence-electron chi connectivity index (χ1n) is 18.5. The highest BCUT2D eigenvalue weighted by atomic mass is 32.2. The van der Waals surface area contributed by atoms with E-state index in [-0.39, 0.29) is 37.0 Å². The molecule has 0 radical (unpaired) electrons. The van der Waals surface area contributed by atoms with E-state index < -0.39 is 66.8 Å². The maximum atomic E-state index is 16.0. The number of benzene rings is 3. The van der Waals surface area contributed by atoms with E-state index in [1.54, 1.807) is 54.6 Å². The summed E-state index contributed by atoms with van der Waals surface area (Å²) in [6, 6.07) is 15.9. The Morgan fingerprint density at radius 2 is 1.62 bits per heavy atom. The van der Waals surface area contributed by atoms with Crippen LogP contribution in [0.2, 0.25) is 0 Å². The van der Waals surface area contributed by atoms with Crippen molar-refractivity contribution < 1.29 is 50.9 Å². The van der Waals surface area contributed by atoms with Gasteiger partial charge in [0.15, 0.2) is 9.84 Å². The fraction of sp³-hybridized carbons (Fsp3) is 0.450. The molecule has 15 heteroatoms. The molecule has 4 fully saturated rings. The zero-order valence-corrected chi connectivity index (χ0v) is 31.5. The Labute approximate surface area is 318 Å². The molecule has 8 rings (SSSR count). The largest absolute Gasteiger partial charge is 0.491 e. The highest BCUT2D eigenvalue weighted by Gasteiger charge is 2.54. The van der Waals surface area contributed by atoms with Gasteiger partial charge >= 0.3 is 12.1 Å². The fourth-order valence-corrected chi connectivity index (χ4v) is 9.33. The molecule has 3 aliphatic carbocycles. The van der Waals surface area contributed by atoms with Crippen molar-refractivity contribution >= 4 is 39.4 Å². The van der Waals surface area contributed by atoms with E-state index in [1.165, 1.54) is 0 Å². The number of esters is 1. The van der Waals surface area contributed by atoms with E-state index in [0.29, 0.717) is 68.6 Å². The number of alkyl carbamates (subject to hydrolysis) is 1. The van der Waals surface area contributed by atoms with E-state index in [9.17, 15) is 27.6 Å². The lowest BCUT2D eigenvalue weighted by Gasteiger charge is -2.52. The van der Waals surface area contributed by atoms with Gasteiger partial charge in [-0.2, -0.15) is 0 Å². The van der Waals surface area contributed by atoms with Crippen molar-refractivity contribution in [3.63, 3.8) is 0 Å². The average molecular weight is 778 g/mol. The Kier molecular flexibility index (Phi) is 10.6. The van der Waals surface area contributed by atoms with Gasteiger partial charge in [-0.05, 0) is 87.8 Å². The van der Waals surface area contributed by atoms with Gasteiger partial charge < -0.3 is 34.5 Å². The molecule has 1 atom stereocenters. The van der Waals surface area contributed by atoms with Crippen molar-refractivity contribution in [1.29, 1.82) is 0 Å². The van der Waals surface area contributed by atoms with Crippen LogP contribution in [0.15, 0.2) is 71.6 Å². The number of anilines is 1. The van der Waals surface area contributed by atoms with Crippen LogP contribution in [0.5, 0.6) is 5.75 Å². The molecule has 2 heterocycles. The maximum absolute atomic E-state index is 16.0. The van der Waals surface area contributed by atoms with E-state index in [4.69, 9.17) is 18.9 Å². The van der Waals surface area contributed by atoms with Crippen molar-refractivity contribution in [3.05, 3.63) is 89.2 Å². The Bertz CT molecular complexity index is 2050. The first-order valence-corrected chi connectivity index (χ1v) is 20.1. The second kappa shape index (κ2) is 15.3. The minimum atomic E-state index is -4.42. The molecular formula is C40H44FN3O10S. The number of amides is 3. The van der Waals surface area contributed by atoms with Crippen molar-refractivity contribution in [2.75, 3.05) is 23.9 Å². The zero-order chi connectivity index (χ0) is 39.0. The third kappa shape index (κ3) is 8.18. The number of carbonyl (C=O) groups is 4. The van der Waals surface area contributed by atoms with Crippen molar-refractivity contribution in [2.45, 2.75) is 94.2 Å². The molecule has 0 unspecified atom stereocenters. The predicted octanol–water partition coefficient (Wildman–Crippen LogP) is 4.99. The summed E-state index contributed by atoms with van der Waals surface area (Å²) in [4.78, 5) is 54.9. The molecule has 2 N–H and O–H groups in total. The number of hydrogen-bond acceptors (Lipinski definition) is 10. The van der Waals surface area contributed by atoms with Gasteiger partial charge in [0.05, 0.1) is 53.2 Å². The van der Waals surface area contributed by atoms with Crippen molar-refractivity contribution in [2.24, 2.45) is 5.41 Å². The third-order valence-electron chi connectivity index (χ3n) is 10.9. The molecule has 0 aromatic heterocycles. The molecule has 1 saturated heterocycles. The topological polar surface area (TPSA) is 167 Å². The van der Waals surface area contributed by atoms with Crippen LogP contribution >= 0.6 is 0 Å². The van der Waals surface area contributed by atoms with Gasteiger partial charge in [0.1, 0.15) is 30.3 Å². The summed E-state index contributed by atoms with van der Waals surface area (Å²) in [7, 11) is -4.42. The van der Waals surface area contributed by atoms with Crippen LogP contribution in [-0.4, -0.2) is 75.1 Å². The molecule has 3 amide bonds. The SMILES string of the molecule is CC(C)Oc1ccc(CN2C(=O)[C@@H](NC(=O)OCc3ccccc3)CS(=O)(=O)c3cc(F)c(C(=O)NC45CCC(C(=O)OC6COC6)(CC4)CC5)cc32)cc1. The van der Waals surface area contributed by atoms with Crippen LogP contribution in [0.1, 0.15) is 73.9 Å². The molecule has 2 aliphatic heterocycles. The van der Waals surface area contributed by atoms with Gasteiger partial charge in [0, 0.05) is 5.54 Å². The number of ether oxygens (including phenoxy) is 4. The summed E-state index contributed by atoms with van der Waals surface area (Å²) in [5.41, 5.74) is -0.723. The van der Waals surface area contributed by atoms with E-state index in [1.807, 2.05) is 13.8 Å². The molecular weight excluding hydrogens is 734 g/mol. The molecule has 3 aromatic rings. The number of fused-ring (bicyclic) bond motifs is 4. The number of halogens is 1. The molecule has 13 nitrogen and oxygen atoms in total. The second-order valence-corrected chi connectivity index (χ2v) is 17.2. The highest BCUT2D eigenvalue weighted by Crippen LogP contribution is 2.53. The smallest absolute Gasteiger partial charge is 0.408 e. The summed E-state index contributed by atoms with van der Waals surface area (Å²) in [5.74, 6) is -3.19. The monoisotopic (exact) mass is 777 g/mol.